The van der Waals surface area contributed by atoms with Gasteiger partial charge in [-0.05, 0) is 54.6 Å². The molecule has 1 fully saturated rings. The Morgan fingerprint density at radius 3 is 2.57 bits per heavy atom. The van der Waals surface area contributed by atoms with E-state index in [0.29, 0.717) is 6.04 Å². The first-order chi connectivity index (χ1) is 6.83. The summed E-state index contributed by atoms with van der Waals surface area (Å²) in [7, 11) is 2.10. The van der Waals surface area contributed by atoms with Gasteiger partial charge in [0.25, 0.3) is 0 Å². The molecule has 1 saturated carbocycles. The largest absolute Gasteiger partial charge is 0.313 e. The van der Waals surface area contributed by atoms with E-state index in [2.05, 4.69) is 30.0 Å². The Morgan fingerprint density at radius 2 is 2.07 bits per heavy atom. The van der Waals surface area contributed by atoms with Crippen molar-refractivity contribution in [1.29, 1.82) is 0 Å². The summed E-state index contributed by atoms with van der Waals surface area (Å²) < 4.78 is 0. The summed E-state index contributed by atoms with van der Waals surface area (Å²) in [5, 5.41) is 8.07. The van der Waals surface area contributed by atoms with Crippen LogP contribution in [-0.4, -0.2) is 7.05 Å². The van der Waals surface area contributed by atoms with E-state index in [1.165, 1.54) is 36.8 Å². The summed E-state index contributed by atoms with van der Waals surface area (Å²) in [4.78, 5) is 0. The topological polar surface area (TPSA) is 12.0 Å². The Hall–Kier alpha value is -0.340. The average Bonchev–Trinajstić information content (AvgIpc) is 2.80. The lowest BCUT2D eigenvalue weighted by Gasteiger charge is -2.23. The molecule has 1 nitrogen and oxygen atoms in total. The fourth-order valence-corrected chi connectivity index (χ4v) is 3.51. The monoisotopic (exact) mass is 209 g/mol. The molecule has 1 atom stereocenters. The lowest BCUT2D eigenvalue weighted by Crippen LogP contribution is -2.23. The molecule has 2 heteroatoms. The molecule has 0 aromatic carbocycles. The second-order valence-corrected chi connectivity index (χ2v) is 5.06. The lowest BCUT2D eigenvalue weighted by molar-refractivity contribution is 0.390. The predicted molar refractivity (Wildman–Crippen MR) is 62.8 cm³/mol. The molecule has 0 bridgehead atoms. The minimum Gasteiger partial charge on any atom is -0.313 e. The van der Waals surface area contributed by atoms with Gasteiger partial charge in [0.15, 0.2) is 0 Å². The SMILES string of the molecule is CNC(c1cscc1C)C1CCCC1. The number of nitrogens with one attached hydrogen (secondary N) is 1. The fourth-order valence-electron chi connectivity index (χ4n) is 2.62. The minimum atomic E-state index is 0.601. The zero-order valence-electron chi connectivity index (χ0n) is 9.05. The molecule has 1 N–H and O–H groups in total. The van der Waals surface area contributed by atoms with Crippen molar-refractivity contribution in [3.8, 4) is 0 Å². The summed E-state index contributed by atoms with van der Waals surface area (Å²) in [5.41, 5.74) is 2.99. The Balaban J connectivity index is 2.16. The third-order valence-corrected chi connectivity index (χ3v) is 4.29. The first-order valence-corrected chi connectivity index (χ1v) is 6.47. The van der Waals surface area contributed by atoms with Gasteiger partial charge < -0.3 is 5.32 Å². The maximum atomic E-state index is 3.49. The van der Waals surface area contributed by atoms with E-state index in [1.807, 2.05) is 11.3 Å². The van der Waals surface area contributed by atoms with Crippen molar-refractivity contribution in [2.45, 2.75) is 38.6 Å². The van der Waals surface area contributed by atoms with Gasteiger partial charge >= 0.3 is 0 Å². The molecule has 1 aliphatic rings. The number of aryl methyl sites for hydroxylation is 1. The zero-order valence-corrected chi connectivity index (χ0v) is 9.86. The molecule has 0 saturated heterocycles. The number of thiophene rings is 1. The van der Waals surface area contributed by atoms with Crippen LogP contribution in [0.1, 0.15) is 42.9 Å². The highest BCUT2D eigenvalue weighted by Gasteiger charge is 2.26. The van der Waals surface area contributed by atoms with Crippen molar-refractivity contribution >= 4 is 11.3 Å². The third kappa shape index (κ3) is 1.86. The molecule has 0 amide bonds. The summed E-state index contributed by atoms with van der Waals surface area (Å²) in [6.07, 6.45) is 5.65. The van der Waals surface area contributed by atoms with Crippen LogP contribution in [0.2, 0.25) is 0 Å². The Bertz CT molecular complexity index is 286. The van der Waals surface area contributed by atoms with Crippen molar-refractivity contribution in [2.75, 3.05) is 7.05 Å². The number of rotatable bonds is 3. The van der Waals surface area contributed by atoms with E-state index in [9.17, 15) is 0 Å². The average molecular weight is 209 g/mol. The van der Waals surface area contributed by atoms with Crippen LogP contribution in [0.4, 0.5) is 0 Å². The van der Waals surface area contributed by atoms with E-state index >= 15 is 0 Å². The molecule has 14 heavy (non-hydrogen) atoms. The van der Waals surface area contributed by atoms with Crippen LogP contribution in [0.25, 0.3) is 0 Å². The van der Waals surface area contributed by atoms with Crippen molar-refractivity contribution < 1.29 is 0 Å². The summed E-state index contributed by atoms with van der Waals surface area (Å²) in [5.74, 6) is 0.869. The van der Waals surface area contributed by atoms with Crippen LogP contribution in [0, 0.1) is 12.8 Å². The quantitative estimate of drug-likeness (QED) is 0.803. The van der Waals surface area contributed by atoms with Crippen LogP contribution < -0.4 is 5.32 Å². The van der Waals surface area contributed by atoms with Crippen LogP contribution in [0.3, 0.4) is 0 Å². The maximum absolute atomic E-state index is 3.49. The van der Waals surface area contributed by atoms with Crippen molar-refractivity contribution in [3.63, 3.8) is 0 Å². The second-order valence-electron chi connectivity index (χ2n) is 4.32. The normalized spacial score (nSPS) is 20.1. The highest BCUT2D eigenvalue weighted by molar-refractivity contribution is 7.08. The standard InChI is InChI=1S/C12H19NS/c1-9-7-14-8-11(9)12(13-2)10-5-3-4-6-10/h7-8,10,12-13H,3-6H2,1-2H3. The molecule has 2 rings (SSSR count). The van der Waals surface area contributed by atoms with Gasteiger partial charge in [-0.25, -0.2) is 0 Å². The highest BCUT2D eigenvalue weighted by Crippen LogP contribution is 2.37. The van der Waals surface area contributed by atoms with Gasteiger partial charge in [-0.3, -0.25) is 0 Å². The van der Waals surface area contributed by atoms with Crippen molar-refractivity contribution in [2.24, 2.45) is 5.92 Å². The maximum Gasteiger partial charge on any atom is 0.0357 e. The molecule has 0 radical (unpaired) electrons. The molecule has 1 unspecified atom stereocenters. The molecule has 1 aromatic rings. The van der Waals surface area contributed by atoms with Gasteiger partial charge in [0, 0.05) is 6.04 Å². The smallest absolute Gasteiger partial charge is 0.0357 e. The summed E-state index contributed by atoms with van der Waals surface area (Å²) in [6.45, 7) is 2.23. The van der Waals surface area contributed by atoms with Crippen LogP contribution in [-0.2, 0) is 0 Å². The van der Waals surface area contributed by atoms with Crippen LogP contribution >= 0.6 is 11.3 Å². The van der Waals surface area contributed by atoms with E-state index in [-0.39, 0.29) is 0 Å². The molecular weight excluding hydrogens is 190 g/mol. The molecule has 0 aliphatic heterocycles. The number of hydrogen-bond acceptors (Lipinski definition) is 2. The zero-order chi connectivity index (χ0) is 9.97. The number of hydrogen-bond donors (Lipinski definition) is 1. The fraction of sp³-hybridized carbons (Fsp3) is 0.667. The Morgan fingerprint density at radius 1 is 1.36 bits per heavy atom. The molecular formula is C12H19NS. The van der Waals surface area contributed by atoms with Crippen LogP contribution in [0.15, 0.2) is 10.8 Å². The van der Waals surface area contributed by atoms with E-state index in [0.717, 1.165) is 5.92 Å². The molecule has 1 aromatic heterocycles. The van der Waals surface area contributed by atoms with E-state index in [4.69, 9.17) is 0 Å². The van der Waals surface area contributed by atoms with E-state index < -0.39 is 0 Å². The first kappa shape index (κ1) is 10.2. The first-order valence-electron chi connectivity index (χ1n) is 5.53. The van der Waals surface area contributed by atoms with Gasteiger partial charge in [-0.1, -0.05) is 12.8 Å². The highest BCUT2D eigenvalue weighted by atomic mass is 32.1. The third-order valence-electron chi connectivity index (χ3n) is 3.41. The molecule has 1 aliphatic carbocycles. The minimum absolute atomic E-state index is 0.601. The predicted octanol–water partition coefficient (Wildman–Crippen LogP) is 3.51. The van der Waals surface area contributed by atoms with Gasteiger partial charge in [0.2, 0.25) is 0 Å². The van der Waals surface area contributed by atoms with Gasteiger partial charge in [0.1, 0.15) is 0 Å². The van der Waals surface area contributed by atoms with Crippen molar-refractivity contribution in [1.82, 2.24) is 5.32 Å². The van der Waals surface area contributed by atoms with E-state index in [1.54, 1.807) is 0 Å². The van der Waals surface area contributed by atoms with Gasteiger partial charge in [-0.2, -0.15) is 11.3 Å². The lowest BCUT2D eigenvalue weighted by atomic mass is 9.92. The van der Waals surface area contributed by atoms with Gasteiger partial charge in [0.05, 0.1) is 0 Å². The molecule has 0 spiro atoms. The van der Waals surface area contributed by atoms with Crippen LogP contribution in [0.5, 0.6) is 0 Å². The Labute approximate surface area is 90.5 Å². The Kier molecular flexibility index (Phi) is 3.24. The molecule has 78 valence electrons. The summed E-state index contributed by atoms with van der Waals surface area (Å²) >= 11 is 1.83. The summed E-state index contributed by atoms with van der Waals surface area (Å²) in [6, 6.07) is 0.601. The van der Waals surface area contributed by atoms with Gasteiger partial charge in [-0.15, -0.1) is 0 Å². The van der Waals surface area contributed by atoms with Crippen molar-refractivity contribution in [3.05, 3.63) is 21.9 Å². The molecule has 1 heterocycles. The second kappa shape index (κ2) is 4.45.